The molecule has 3 atom stereocenters. The fourth-order valence-corrected chi connectivity index (χ4v) is 4.63. The first-order valence-corrected chi connectivity index (χ1v) is 8.71. The Kier molecular flexibility index (Phi) is 4.57. The molecule has 4 nitrogen and oxygen atoms in total. The van der Waals surface area contributed by atoms with Crippen molar-refractivity contribution in [3.8, 4) is 18.2 Å². The summed E-state index contributed by atoms with van der Waals surface area (Å²) < 4.78 is 0. The Bertz CT molecular complexity index is 883. The van der Waals surface area contributed by atoms with Crippen LogP contribution >= 0.6 is 23.2 Å². The first kappa shape index (κ1) is 17.5. The molecular formula is C19H14Cl2N4. The Morgan fingerprint density at radius 1 is 1.16 bits per heavy atom. The molecule has 0 unspecified atom stereocenters. The largest absolute Gasteiger partial charge is 0.305 e. The fourth-order valence-electron chi connectivity index (χ4n) is 4.11. The van der Waals surface area contributed by atoms with E-state index in [9.17, 15) is 15.8 Å². The maximum Gasteiger partial charge on any atom is 0.189 e. The minimum Gasteiger partial charge on any atom is -0.305 e. The normalized spacial score (nSPS) is 27.2. The summed E-state index contributed by atoms with van der Waals surface area (Å²) in [7, 11) is 0. The number of hydrogen-bond donors (Lipinski definition) is 1. The van der Waals surface area contributed by atoms with Crippen molar-refractivity contribution in [2.75, 3.05) is 0 Å². The molecule has 1 fully saturated rings. The van der Waals surface area contributed by atoms with Crippen LogP contribution in [0.5, 0.6) is 0 Å². The van der Waals surface area contributed by atoms with Crippen LogP contribution in [-0.2, 0) is 0 Å². The van der Waals surface area contributed by atoms with Crippen molar-refractivity contribution >= 4 is 28.9 Å². The third-order valence-electron chi connectivity index (χ3n) is 5.22. The van der Waals surface area contributed by atoms with Gasteiger partial charge in [0, 0.05) is 16.0 Å². The molecule has 2 aliphatic carbocycles. The quantitative estimate of drug-likeness (QED) is 0.705. The average Bonchev–Trinajstić information content (AvgIpc) is 2.62. The molecule has 0 aromatic heterocycles. The molecule has 1 saturated carbocycles. The highest BCUT2D eigenvalue weighted by Gasteiger charge is 2.57. The van der Waals surface area contributed by atoms with Crippen LogP contribution < -0.4 is 0 Å². The van der Waals surface area contributed by atoms with Crippen LogP contribution in [0.4, 0.5) is 0 Å². The molecule has 1 N–H and O–H groups in total. The summed E-state index contributed by atoms with van der Waals surface area (Å²) in [5, 5.41) is 38.7. The minimum atomic E-state index is -1.71. The van der Waals surface area contributed by atoms with Crippen LogP contribution in [0, 0.1) is 56.7 Å². The zero-order valence-electron chi connectivity index (χ0n) is 13.3. The highest BCUT2D eigenvalue weighted by Crippen LogP contribution is 2.56. The monoisotopic (exact) mass is 368 g/mol. The Morgan fingerprint density at radius 3 is 2.48 bits per heavy atom. The smallest absolute Gasteiger partial charge is 0.189 e. The van der Waals surface area contributed by atoms with Gasteiger partial charge in [0.15, 0.2) is 5.41 Å². The van der Waals surface area contributed by atoms with Gasteiger partial charge in [-0.3, -0.25) is 0 Å². The number of nitrogens with zero attached hydrogens (tertiary/aromatic N) is 3. The average molecular weight is 369 g/mol. The summed E-state index contributed by atoms with van der Waals surface area (Å²) in [6.07, 6.45) is 4.50. The highest BCUT2D eigenvalue weighted by atomic mass is 35.5. The summed E-state index contributed by atoms with van der Waals surface area (Å²) in [6.45, 7) is 0. The second kappa shape index (κ2) is 6.53. The van der Waals surface area contributed by atoms with Crippen LogP contribution in [0.3, 0.4) is 0 Å². The summed E-state index contributed by atoms with van der Waals surface area (Å²) >= 11 is 12.4. The maximum absolute atomic E-state index is 9.88. The summed E-state index contributed by atoms with van der Waals surface area (Å²) in [4.78, 5) is 0. The molecule has 6 heteroatoms. The lowest BCUT2D eigenvalue weighted by Gasteiger charge is -2.46. The van der Waals surface area contributed by atoms with E-state index in [1.807, 2.05) is 18.2 Å². The third kappa shape index (κ3) is 2.52. The van der Waals surface area contributed by atoms with E-state index in [1.54, 1.807) is 18.2 Å². The standard InChI is InChI=1S/C19H14Cl2N4/c20-11-5-6-14(16(21)7-11)17-13-4-2-1-3-12(13)15(8-22)18(25)19(17,9-23)10-24/h3,5-7,13,15,17,25H,1-2,4H2/t13-,15-,17+/m1/s1. The number of fused-ring (bicyclic) bond motifs is 1. The van der Waals surface area contributed by atoms with E-state index in [0.717, 1.165) is 24.8 Å². The molecule has 1 aromatic rings. The second-order valence-electron chi connectivity index (χ2n) is 6.39. The van der Waals surface area contributed by atoms with Gasteiger partial charge in [0.2, 0.25) is 0 Å². The first-order valence-electron chi connectivity index (χ1n) is 7.96. The molecule has 1 aromatic carbocycles. The number of benzene rings is 1. The van der Waals surface area contributed by atoms with Crippen LogP contribution in [0.2, 0.25) is 10.0 Å². The number of halogens is 2. The Morgan fingerprint density at radius 2 is 1.88 bits per heavy atom. The van der Waals surface area contributed by atoms with Gasteiger partial charge >= 0.3 is 0 Å². The molecule has 0 bridgehead atoms. The number of nitriles is 3. The summed E-state index contributed by atoms with van der Waals surface area (Å²) in [5.41, 5.74) is -0.388. The Labute approximate surface area is 156 Å². The summed E-state index contributed by atoms with van der Waals surface area (Å²) in [6, 6.07) is 11.2. The molecule has 25 heavy (non-hydrogen) atoms. The Balaban J connectivity index is 2.29. The number of hydrogen-bond acceptors (Lipinski definition) is 4. The van der Waals surface area contributed by atoms with Gasteiger partial charge < -0.3 is 5.41 Å². The van der Waals surface area contributed by atoms with Gasteiger partial charge in [0.25, 0.3) is 0 Å². The molecule has 2 aliphatic rings. The summed E-state index contributed by atoms with van der Waals surface area (Å²) in [5.74, 6) is -1.58. The molecular weight excluding hydrogens is 355 g/mol. The number of allylic oxidation sites excluding steroid dienone is 2. The van der Waals surface area contributed by atoms with Crippen LogP contribution in [0.15, 0.2) is 29.8 Å². The van der Waals surface area contributed by atoms with Gasteiger partial charge in [0.1, 0.15) is 5.92 Å². The van der Waals surface area contributed by atoms with Crippen molar-refractivity contribution < 1.29 is 0 Å². The zero-order chi connectivity index (χ0) is 18.2. The first-order chi connectivity index (χ1) is 12.0. The second-order valence-corrected chi connectivity index (χ2v) is 7.24. The lowest BCUT2D eigenvalue weighted by molar-refractivity contribution is 0.320. The topological polar surface area (TPSA) is 95.2 Å². The van der Waals surface area contributed by atoms with Crippen LogP contribution in [0.1, 0.15) is 30.7 Å². The van der Waals surface area contributed by atoms with E-state index >= 15 is 0 Å². The van der Waals surface area contributed by atoms with Crippen molar-refractivity contribution in [2.24, 2.45) is 17.3 Å². The van der Waals surface area contributed by atoms with E-state index in [4.69, 9.17) is 28.6 Å². The third-order valence-corrected chi connectivity index (χ3v) is 5.78. The van der Waals surface area contributed by atoms with Crippen molar-refractivity contribution in [1.82, 2.24) is 0 Å². The van der Waals surface area contributed by atoms with Gasteiger partial charge in [-0.05, 0) is 48.4 Å². The number of nitrogens with one attached hydrogen (secondary N) is 1. The predicted octanol–water partition coefficient (Wildman–Crippen LogP) is 5.01. The fraction of sp³-hybridized carbons (Fsp3) is 0.368. The lowest BCUT2D eigenvalue weighted by Crippen LogP contribution is -2.48. The maximum atomic E-state index is 9.88. The molecule has 0 amide bonds. The predicted molar refractivity (Wildman–Crippen MR) is 95.1 cm³/mol. The van der Waals surface area contributed by atoms with E-state index in [2.05, 4.69) is 6.07 Å². The lowest BCUT2D eigenvalue weighted by atomic mass is 9.53. The van der Waals surface area contributed by atoms with Gasteiger partial charge in [-0.2, -0.15) is 15.8 Å². The van der Waals surface area contributed by atoms with Crippen LogP contribution in [0.25, 0.3) is 0 Å². The van der Waals surface area contributed by atoms with E-state index < -0.39 is 17.3 Å². The van der Waals surface area contributed by atoms with Gasteiger partial charge in [-0.15, -0.1) is 0 Å². The van der Waals surface area contributed by atoms with Crippen molar-refractivity contribution in [2.45, 2.75) is 25.2 Å². The molecule has 124 valence electrons. The SMILES string of the molecule is N#C[C@H]1C(=N)C(C#N)(C#N)[C@H](c2ccc(Cl)cc2Cl)[C@@H]2CCCC=C12. The van der Waals surface area contributed by atoms with Gasteiger partial charge in [-0.1, -0.05) is 35.3 Å². The molecule has 0 radical (unpaired) electrons. The molecule has 0 aliphatic heterocycles. The molecule has 0 spiro atoms. The van der Waals surface area contributed by atoms with Crippen molar-refractivity contribution in [3.05, 3.63) is 45.5 Å². The highest BCUT2D eigenvalue weighted by molar-refractivity contribution is 6.35. The zero-order valence-corrected chi connectivity index (χ0v) is 14.8. The van der Waals surface area contributed by atoms with E-state index in [-0.39, 0.29) is 11.6 Å². The minimum absolute atomic E-state index is 0.152. The van der Waals surface area contributed by atoms with Crippen molar-refractivity contribution in [3.63, 3.8) is 0 Å². The Hall–Kier alpha value is -2.32. The molecule has 0 heterocycles. The van der Waals surface area contributed by atoms with Gasteiger partial charge in [-0.25, -0.2) is 0 Å². The van der Waals surface area contributed by atoms with E-state index in [1.165, 1.54) is 0 Å². The number of rotatable bonds is 1. The molecule has 0 saturated heterocycles. The van der Waals surface area contributed by atoms with Crippen LogP contribution in [-0.4, -0.2) is 5.71 Å². The van der Waals surface area contributed by atoms with Gasteiger partial charge in [0.05, 0.1) is 23.9 Å². The van der Waals surface area contributed by atoms with Crippen molar-refractivity contribution in [1.29, 1.82) is 21.2 Å². The van der Waals surface area contributed by atoms with E-state index in [0.29, 0.717) is 15.6 Å². The molecule has 3 rings (SSSR count).